The molecule has 1 saturated carbocycles. The van der Waals surface area contributed by atoms with Gasteiger partial charge < -0.3 is 14.2 Å². The van der Waals surface area contributed by atoms with E-state index in [0.717, 1.165) is 17.7 Å². The summed E-state index contributed by atoms with van der Waals surface area (Å²) in [5, 5.41) is 3.64. The van der Waals surface area contributed by atoms with Gasteiger partial charge in [-0.25, -0.2) is 0 Å². The first-order valence-corrected chi connectivity index (χ1v) is 26.0. The first kappa shape index (κ1) is 43.6. The van der Waals surface area contributed by atoms with E-state index in [0.29, 0.717) is 0 Å². The number of furan rings is 1. The molecule has 1 aliphatic carbocycles. The second-order valence-electron chi connectivity index (χ2n) is 25.0. The van der Waals surface area contributed by atoms with Crippen LogP contribution in [0.1, 0.15) is 130 Å². The molecule has 350 valence electrons. The molecule has 0 radical (unpaired) electrons. The van der Waals surface area contributed by atoms with Crippen LogP contribution in [0.15, 0.2) is 138 Å². The molecular formula is C65H66BN3O. The van der Waals surface area contributed by atoms with Crippen LogP contribution in [0.25, 0.3) is 49.8 Å². The normalized spacial score (nSPS) is 19.5. The van der Waals surface area contributed by atoms with Crippen molar-refractivity contribution in [3.63, 3.8) is 0 Å². The maximum absolute atomic E-state index is 7.03. The van der Waals surface area contributed by atoms with Gasteiger partial charge in [0.05, 0.1) is 22.1 Å². The molecule has 3 aliphatic heterocycles. The molecule has 5 heterocycles. The molecule has 0 saturated heterocycles. The first-order valence-electron chi connectivity index (χ1n) is 26.0. The van der Waals surface area contributed by atoms with Crippen LogP contribution in [0.5, 0.6) is 0 Å². The SMILES string of the molecule is Cc1cc2c3c(c1)-n1c4oc5ccccc5c4c4cc(C(C)(C)C)cc(c41)B3c1ccc(N3c4ccc(C(C)(C)C)cc4C4(C)CCCCC34C)cc1N2c1ccc(C(C)(C)C)cc1-c1ccccc1. The average Bonchev–Trinajstić information content (AvgIpc) is 3.92. The third-order valence-electron chi connectivity index (χ3n) is 17.6. The third kappa shape index (κ3) is 5.90. The number of para-hydroxylation sites is 1. The number of rotatable bonds is 3. The number of hydrogen-bond acceptors (Lipinski definition) is 3. The summed E-state index contributed by atoms with van der Waals surface area (Å²) in [5.74, 6) is 0. The second kappa shape index (κ2) is 14.3. The fourth-order valence-corrected chi connectivity index (χ4v) is 13.6. The molecule has 0 amide bonds. The molecule has 4 nitrogen and oxygen atoms in total. The zero-order valence-electron chi connectivity index (χ0n) is 43.4. The van der Waals surface area contributed by atoms with E-state index in [-0.39, 0.29) is 33.9 Å². The summed E-state index contributed by atoms with van der Waals surface area (Å²) in [4.78, 5) is 5.45. The summed E-state index contributed by atoms with van der Waals surface area (Å²) < 4.78 is 9.52. The van der Waals surface area contributed by atoms with E-state index in [2.05, 4.69) is 231 Å². The van der Waals surface area contributed by atoms with Crippen molar-refractivity contribution in [1.82, 2.24) is 4.57 Å². The minimum Gasteiger partial charge on any atom is -0.439 e. The molecule has 70 heavy (non-hydrogen) atoms. The van der Waals surface area contributed by atoms with E-state index >= 15 is 0 Å². The molecule has 0 bridgehead atoms. The van der Waals surface area contributed by atoms with Gasteiger partial charge >= 0.3 is 0 Å². The van der Waals surface area contributed by atoms with E-state index in [1.807, 2.05) is 0 Å². The Morgan fingerprint density at radius 3 is 1.97 bits per heavy atom. The van der Waals surface area contributed by atoms with E-state index in [1.54, 1.807) is 0 Å². The number of aryl methyl sites for hydroxylation is 1. The monoisotopic (exact) mass is 916 g/mol. The molecule has 1 fully saturated rings. The van der Waals surface area contributed by atoms with Gasteiger partial charge in [-0.05, 0) is 147 Å². The molecule has 0 N–H and O–H groups in total. The zero-order chi connectivity index (χ0) is 48.6. The summed E-state index contributed by atoms with van der Waals surface area (Å²) >= 11 is 0. The highest BCUT2D eigenvalue weighted by Gasteiger charge is 2.58. The van der Waals surface area contributed by atoms with Crippen LogP contribution in [-0.2, 0) is 21.7 Å². The Hall–Kier alpha value is -6.46. The Morgan fingerprint density at radius 2 is 1.23 bits per heavy atom. The highest BCUT2D eigenvalue weighted by molar-refractivity contribution is 7.00. The van der Waals surface area contributed by atoms with Crippen LogP contribution in [0.2, 0.25) is 0 Å². The lowest BCUT2D eigenvalue weighted by atomic mass is 9.33. The van der Waals surface area contributed by atoms with Crippen LogP contribution in [-0.4, -0.2) is 16.8 Å². The Kier molecular flexibility index (Phi) is 8.92. The fourth-order valence-electron chi connectivity index (χ4n) is 13.6. The Balaban J connectivity index is 1.15. The third-order valence-corrected chi connectivity index (χ3v) is 17.6. The summed E-state index contributed by atoms with van der Waals surface area (Å²) in [6, 6.07) is 52.0. The van der Waals surface area contributed by atoms with Crippen molar-refractivity contribution in [3.8, 4) is 16.8 Å². The standard InChI is InChI=1S/C65H66BN3O/c1-39-32-54-58-55(33-39)68-59-47(57-45-22-16-17-23-56(45)70-60(57)68)35-43(63(8,9)10)37-50(59)66(58)49-27-26-44(69-52-29-25-42(62(5,6)7)36-48(52)64(11)30-18-19-31-65(64,69)12)38-53(49)67(54)51-28-24-41(61(2,3)4)34-46(51)40-20-14-13-15-21-40/h13-17,20-29,32-38H,18-19,30-31H2,1-12H3. The highest BCUT2D eigenvalue weighted by atomic mass is 16.3. The Bertz CT molecular complexity index is 3680. The Morgan fingerprint density at radius 1 is 0.557 bits per heavy atom. The lowest BCUT2D eigenvalue weighted by molar-refractivity contribution is 0.195. The van der Waals surface area contributed by atoms with Gasteiger partial charge in [0.15, 0.2) is 0 Å². The van der Waals surface area contributed by atoms with Crippen molar-refractivity contribution in [2.45, 2.75) is 136 Å². The van der Waals surface area contributed by atoms with Gasteiger partial charge in [0, 0.05) is 50.2 Å². The minimum absolute atomic E-state index is 0.00811. The number of anilines is 5. The first-order chi connectivity index (χ1) is 33.3. The maximum Gasteiger partial charge on any atom is 0.252 e. The van der Waals surface area contributed by atoms with Crippen molar-refractivity contribution in [2.75, 3.05) is 9.80 Å². The molecule has 2 aromatic heterocycles. The smallest absolute Gasteiger partial charge is 0.252 e. The minimum atomic E-state index is -0.0984. The largest absolute Gasteiger partial charge is 0.439 e. The lowest BCUT2D eigenvalue weighted by Crippen LogP contribution is -2.60. The lowest BCUT2D eigenvalue weighted by Gasteiger charge is -2.50. The molecule has 7 aromatic carbocycles. The summed E-state index contributed by atoms with van der Waals surface area (Å²) in [6.45, 7) is 28.6. The number of hydrogen-bond donors (Lipinski definition) is 0. The molecule has 2 unspecified atom stereocenters. The van der Waals surface area contributed by atoms with Crippen molar-refractivity contribution < 1.29 is 4.42 Å². The van der Waals surface area contributed by atoms with Crippen molar-refractivity contribution >= 4 is 84.5 Å². The molecule has 13 rings (SSSR count). The number of nitrogens with zero attached hydrogens (tertiary/aromatic N) is 3. The van der Waals surface area contributed by atoms with Gasteiger partial charge in [-0.1, -0.05) is 161 Å². The Labute approximate surface area is 415 Å². The van der Waals surface area contributed by atoms with Crippen molar-refractivity contribution in [3.05, 3.63) is 161 Å². The fraction of sp³-hybridized carbons (Fsp3) is 0.323. The predicted octanol–water partition coefficient (Wildman–Crippen LogP) is 15.8. The number of fused-ring (bicyclic) bond motifs is 12. The second-order valence-corrected chi connectivity index (χ2v) is 25.0. The van der Waals surface area contributed by atoms with E-state index in [4.69, 9.17) is 4.42 Å². The highest BCUT2D eigenvalue weighted by Crippen LogP contribution is 2.62. The van der Waals surface area contributed by atoms with Crippen LogP contribution in [0.4, 0.5) is 28.4 Å². The van der Waals surface area contributed by atoms with Gasteiger partial charge in [-0.3, -0.25) is 4.57 Å². The van der Waals surface area contributed by atoms with Gasteiger partial charge in [0.25, 0.3) is 6.71 Å². The predicted molar refractivity (Wildman–Crippen MR) is 299 cm³/mol. The molecule has 2 atom stereocenters. The van der Waals surface area contributed by atoms with Crippen LogP contribution < -0.4 is 26.2 Å². The van der Waals surface area contributed by atoms with E-state index in [1.165, 1.54) is 130 Å². The van der Waals surface area contributed by atoms with Gasteiger partial charge in [0.2, 0.25) is 5.71 Å². The van der Waals surface area contributed by atoms with Gasteiger partial charge in [0.1, 0.15) is 5.58 Å². The van der Waals surface area contributed by atoms with Crippen LogP contribution in [0.3, 0.4) is 0 Å². The summed E-state index contributed by atoms with van der Waals surface area (Å²) in [7, 11) is 0. The average molecular weight is 916 g/mol. The van der Waals surface area contributed by atoms with Crippen LogP contribution >= 0.6 is 0 Å². The molecular weight excluding hydrogens is 850 g/mol. The van der Waals surface area contributed by atoms with E-state index in [9.17, 15) is 0 Å². The zero-order valence-corrected chi connectivity index (χ0v) is 43.4. The van der Waals surface area contributed by atoms with Crippen molar-refractivity contribution in [2.24, 2.45) is 0 Å². The number of aromatic nitrogens is 1. The molecule has 5 heteroatoms. The topological polar surface area (TPSA) is 24.6 Å². The molecule has 4 aliphatic rings. The van der Waals surface area contributed by atoms with Crippen molar-refractivity contribution in [1.29, 1.82) is 0 Å². The summed E-state index contributed by atoms with van der Waals surface area (Å²) in [6.07, 6.45) is 4.83. The van der Waals surface area contributed by atoms with Gasteiger partial charge in [-0.15, -0.1) is 0 Å². The van der Waals surface area contributed by atoms with Crippen LogP contribution in [0, 0.1) is 6.92 Å². The van der Waals surface area contributed by atoms with E-state index < -0.39 is 0 Å². The molecule has 0 spiro atoms. The molecule has 9 aromatic rings. The quantitative estimate of drug-likeness (QED) is 0.165. The van der Waals surface area contributed by atoms with Gasteiger partial charge in [-0.2, -0.15) is 0 Å². The number of benzene rings is 7. The summed E-state index contributed by atoms with van der Waals surface area (Å²) in [5.41, 5.74) is 23.8. The maximum atomic E-state index is 7.03.